The van der Waals surface area contributed by atoms with Crippen LogP contribution in [0, 0.1) is 5.82 Å². The van der Waals surface area contributed by atoms with Gasteiger partial charge in [-0.1, -0.05) is 12.1 Å². The Balaban J connectivity index is 1.29. The van der Waals surface area contributed by atoms with E-state index in [1.54, 1.807) is 23.0 Å². The van der Waals surface area contributed by atoms with Crippen LogP contribution in [0.1, 0.15) is 48.8 Å². The molecule has 144 valence electrons. The minimum atomic E-state index is -0.208. The van der Waals surface area contributed by atoms with Gasteiger partial charge in [-0.15, -0.1) is 0 Å². The van der Waals surface area contributed by atoms with E-state index in [1.807, 2.05) is 19.3 Å². The number of rotatable bonds is 4. The molecule has 0 spiro atoms. The minimum absolute atomic E-state index is 0.0676. The van der Waals surface area contributed by atoms with Crippen LogP contribution in [0.25, 0.3) is 0 Å². The zero-order valence-corrected chi connectivity index (χ0v) is 15.4. The van der Waals surface area contributed by atoms with Gasteiger partial charge in [-0.25, -0.2) is 9.18 Å². The van der Waals surface area contributed by atoms with Crippen LogP contribution in [0.5, 0.6) is 0 Å². The van der Waals surface area contributed by atoms with Gasteiger partial charge in [0.1, 0.15) is 11.9 Å². The fraction of sp³-hybridized carbons (Fsp3) is 0.500. The molecular weight excluding hydrogens is 347 g/mol. The highest BCUT2D eigenvalue weighted by Crippen LogP contribution is 2.37. The number of nitrogens with zero attached hydrogens (tertiary/aromatic N) is 2. The normalized spacial score (nSPS) is 27.6. The third kappa shape index (κ3) is 4.13. The molecule has 1 aromatic heterocycles. The zero-order valence-electron chi connectivity index (χ0n) is 15.4. The smallest absolute Gasteiger partial charge is 0.315 e. The van der Waals surface area contributed by atoms with Crippen LogP contribution in [-0.4, -0.2) is 34.5 Å². The second-order valence-electron chi connectivity index (χ2n) is 7.53. The Morgan fingerprint density at radius 3 is 2.89 bits per heavy atom. The van der Waals surface area contributed by atoms with E-state index in [2.05, 4.69) is 15.7 Å². The van der Waals surface area contributed by atoms with Crippen molar-refractivity contribution >= 4 is 6.03 Å². The van der Waals surface area contributed by atoms with E-state index in [-0.39, 0.29) is 30.0 Å². The number of urea groups is 1. The third-order valence-electron chi connectivity index (χ3n) is 5.49. The lowest BCUT2D eigenvalue weighted by molar-refractivity contribution is -0.00765. The summed E-state index contributed by atoms with van der Waals surface area (Å²) in [7, 11) is 1.87. The molecule has 2 atom stereocenters. The molecule has 6 nitrogen and oxygen atoms in total. The quantitative estimate of drug-likeness (QED) is 0.867. The lowest BCUT2D eigenvalue weighted by Crippen LogP contribution is -2.52. The summed E-state index contributed by atoms with van der Waals surface area (Å²) in [5.41, 5.74) is 1.99. The van der Waals surface area contributed by atoms with Crippen molar-refractivity contribution in [3.05, 3.63) is 53.6 Å². The molecule has 27 heavy (non-hydrogen) atoms. The number of carbonyl (C=O) groups excluding carboxylic acids is 1. The van der Waals surface area contributed by atoms with Crippen LogP contribution in [0.3, 0.4) is 0 Å². The second-order valence-corrected chi connectivity index (χ2v) is 7.53. The molecule has 1 aliphatic heterocycles. The first kappa shape index (κ1) is 18.0. The van der Waals surface area contributed by atoms with E-state index in [0.717, 1.165) is 36.8 Å². The molecule has 2 aromatic rings. The van der Waals surface area contributed by atoms with Crippen LogP contribution < -0.4 is 10.6 Å². The van der Waals surface area contributed by atoms with Crippen molar-refractivity contribution in [2.24, 2.45) is 7.05 Å². The number of nitrogens with one attached hydrogen (secondary N) is 2. The number of hydrogen-bond acceptors (Lipinski definition) is 3. The van der Waals surface area contributed by atoms with E-state index in [1.165, 1.54) is 6.07 Å². The Bertz CT molecular complexity index is 803. The lowest BCUT2D eigenvalue weighted by atomic mass is 9.76. The fourth-order valence-corrected chi connectivity index (χ4v) is 4.01. The van der Waals surface area contributed by atoms with Gasteiger partial charge in [-0.3, -0.25) is 4.68 Å². The standard InChI is InChI=1S/C20H25FN4O2/c1-25-12-15(11-22-25)19-18(6-3-7-27-19)24-20(26)23-17-9-14(10-17)13-4-2-5-16(21)8-13/h2,4-5,8,11-12,14,17-19H,3,6-7,9-10H2,1H3,(H2,23,24,26)/t14?,17?,18-,19+/m0/s1. The summed E-state index contributed by atoms with van der Waals surface area (Å²) in [4.78, 5) is 12.4. The maximum atomic E-state index is 13.3. The molecule has 4 rings (SSSR count). The topological polar surface area (TPSA) is 68.2 Å². The van der Waals surface area contributed by atoms with Gasteiger partial charge in [0.05, 0.1) is 12.2 Å². The highest BCUT2D eigenvalue weighted by atomic mass is 19.1. The van der Waals surface area contributed by atoms with E-state index >= 15 is 0 Å². The van der Waals surface area contributed by atoms with E-state index < -0.39 is 0 Å². The summed E-state index contributed by atoms with van der Waals surface area (Å²) in [5.74, 6) is 0.104. The maximum Gasteiger partial charge on any atom is 0.315 e. The van der Waals surface area contributed by atoms with Gasteiger partial charge < -0.3 is 15.4 Å². The van der Waals surface area contributed by atoms with Crippen LogP contribution >= 0.6 is 0 Å². The van der Waals surface area contributed by atoms with Crippen LogP contribution in [-0.2, 0) is 11.8 Å². The summed E-state index contributed by atoms with van der Waals surface area (Å²) in [6.45, 7) is 0.692. The molecule has 0 radical (unpaired) electrons. The minimum Gasteiger partial charge on any atom is -0.371 e. The Morgan fingerprint density at radius 2 is 2.15 bits per heavy atom. The number of hydrogen-bond donors (Lipinski definition) is 2. The Morgan fingerprint density at radius 1 is 1.30 bits per heavy atom. The molecular formula is C20H25FN4O2. The summed E-state index contributed by atoms with van der Waals surface area (Å²) < 4.78 is 21.0. The van der Waals surface area contributed by atoms with E-state index in [0.29, 0.717) is 12.5 Å². The number of ether oxygens (including phenoxy) is 1. The van der Waals surface area contributed by atoms with Gasteiger partial charge in [0.2, 0.25) is 0 Å². The molecule has 2 amide bonds. The van der Waals surface area contributed by atoms with Crippen molar-refractivity contribution in [1.29, 1.82) is 0 Å². The predicted molar refractivity (Wildman–Crippen MR) is 98.8 cm³/mol. The van der Waals surface area contributed by atoms with Gasteiger partial charge in [-0.2, -0.15) is 5.10 Å². The number of amides is 2. The summed E-state index contributed by atoms with van der Waals surface area (Å²) in [5, 5.41) is 10.3. The number of aryl methyl sites for hydroxylation is 1. The summed E-state index contributed by atoms with van der Waals surface area (Å²) >= 11 is 0. The average Bonchev–Trinajstić information content (AvgIpc) is 3.04. The predicted octanol–water partition coefficient (Wildman–Crippen LogP) is 3.02. The molecule has 2 heterocycles. The molecule has 0 bridgehead atoms. The van der Waals surface area contributed by atoms with Crippen molar-refractivity contribution in [2.45, 2.75) is 49.8 Å². The van der Waals surface area contributed by atoms with Crippen molar-refractivity contribution in [3.8, 4) is 0 Å². The number of benzene rings is 1. The first-order valence-corrected chi connectivity index (χ1v) is 9.51. The van der Waals surface area contributed by atoms with Crippen LogP contribution in [0.15, 0.2) is 36.7 Å². The number of halogens is 1. The second kappa shape index (κ2) is 7.68. The molecule has 2 fully saturated rings. The number of carbonyl (C=O) groups is 1. The van der Waals surface area contributed by atoms with Gasteiger partial charge >= 0.3 is 6.03 Å². The molecule has 1 saturated carbocycles. The monoisotopic (exact) mass is 372 g/mol. The number of aromatic nitrogens is 2. The van der Waals surface area contributed by atoms with Gasteiger partial charge in [0, 0.05) is 31.5 Å². The molecule has 1 aromatic carbocycles. The lowest BCUT2D eigenvalue weighted by Gasteiger charge is -2.37. The van der Waals surface area contributed by atoms with E-state index in [4.69, 9.17) is 4.74 Å². The van der Waals surface area contributed by atoms with Gasteiger partial charge in [-0.05, 0) is 49.3 Å². The fourth-order valence-electron chi connectivity index (χ4n) is 4.01. The Kier molecular flexibility index (Phi) is 5.11. The SMILES string of the molecule is Cn1cc([C@H]2OCCC[C@@H]2NC(=O)NC2CC(c3cccc(F)c3)C2)cn1. The molecule has 7 heteroatoms. The summed E-state index contributed by atoms with van der Waals surface area (Å²) in [6.07, 6.45) is 7.03. The molecule has 2 aliphatic rings. The van der Waals surface area contributed by atoms with Gasteiger partial charge in [0.25, 0.3) is 0 Å². The maximum absolute atomic E-state index is 13.3. The van der Waals surface area contributed by atoms with E-state index in [9.17, 15) is 9.18 Å². The first-order chi connectivity index (χ1) is 13.1. The Labute approximate surface area is 158 Å². The highest BCUT2D eigenvalue weighted by Gasteiger charge is 2.34. The van der Waals surface area contributed by atoms with Crippen molar-refractivity contribution in [2.75, 3.05) is 6.61 Å². The molecule has 1 saturated heterocycles. The first-order valence-electron chi connectivity index (χ1n) is 9.51. The highest BCUT2D eigenvalue weighted by molar-refractivity contribution is 5.74. The molecule has 0 unspecified atom stereocenters. The largest absolute Gasteiger partial charge is 0.371 e. The third-order valence-corrected chi connectivity index (χ3v) is 5.49. The molecule has 1 aliphatic carbocycles. The van der Waals surface area contributed by atoms with Crippen LogP contribution in [0.4, 0.5) is 9.18 Å². The zero-order chi connectivity index (χ0) is 18.8. The molecule has 2 N–H and O–H groups in total. The average molecular weight is 372 g/mol. The van der Waals surface area contributed by atoms with Crippen molar-refractivity contribution in [1.82, 2.24) is 20.4 Å². The Hall–Kier alpha value is -2.41. The van der Waals surface area contributed by atoms with Crippen LogP contribution in [0.2, 0.25) is 0 Å². The van der Waals surface area contributed by atoms with Crippen molar-refractivity contribution in [3.63, 3.8) is 0 Å². The summed E-state index contributed by atoms with van der Waals surface area (Å²) in [6, 6.07) is 6.61. The van der Waals surface area contributed by atoms with Gasteiger partial charge in [0.15, 0.2) is 0 Å². The van der Waals surface area contributed by atoms with Crippen molar-refractivity contribution < 1.29 is 13.9 Å².